The van der Waals surface area contributed by atoms with E-state index in [0.29, 0.717) is 16.6 Å². The van der Waals surface area contributed by atoms with Crippen LogP contribution in [0, 0.1) is 20.8 Å². The van der Waals surface area contributed by atoms with Gasteiger partial charge in [0.25, 0.3) is 0 Å². The first kappa shape index (κ1) is 16.8. The van der Waals surface area contributed by atoms with Crippen molar-refractivity contribution in [2.24, 2.45) is 0 Å². The van der Waals surface area contributed by atoms with Gasteiger partial charge in [0.15, 0.2) is 0 Å². The molecule has 1 aromatic rings. The van der Waals surface area contributed by atoms with Crippen molar-refractivity contribution in [3.63, 3.8) is 0 Å². The topological polar surface area (TPSA) is 93.0 Å². The molecule has 6 nitrogen and oxygen atoms in total. The van der Waals surface area contributed by atoms with Gasteiger partial charge in [-0.25, -0.2) is 0 Å². The molecule has 120 valence electrons. The van der Waals surface area contributed by atoms with Crippen LogP contribution in [0.1, 0.15) is 22.3 Å². The van der Waals surface area contributed by atoms with Crippen LogP contribution in [-0.4, -0.2) is 54.4 Å². The molecular weight excluding hydrogens is 283 g/mol. The Morgan fingerprint density at radius 3 is 2.23 bits per heavy atom. The molecule has 7 heteroatoms. The van der Waals surface area contributed by atoms with Gasteiger partial charge in [-0.15, -0.1) is 0 Å². The Balaban J connectivity index is 2.64. The molecule has 0 bridgehead atoms. The number of carboxylic acids is 1. The molecule has 4 N–H and O–H groups in total. The molecule has 0 aliphatic carbocycles. The molecule has 0 radical (unpaired) electrons. The molecule has 0 aromatic heterocycles. The van der Waals surface area contributed by atoms with Gasteiger partial charge in [0.05, 0.1) is 6.42 Å². The summed E-state index contributed by atoms with van der Waals surface area (Å²) in [7, 11) is -1.60. The van der Waals surface area contributed by atoms with E-state index in [9.17, 15) is 14.8 Å². The Morgan fingerprint density at radius 2 is 1.73 bits per heavy atom. The van der Waals surface area contributed by atoms with E-state index in [2.05, 4.69) is 10.2 Å². The first-order chi connectivity index (χ1) is 10.3. The van der Waals surface area contributed by atoms with Crippen LogP contribution < -0.4 is 15.7 Å². The highest BCUT2D eigenvalue weighted by Crippen LogP contribution is 2.30. The molecule has 1 saturated heterocycles. The van der Waals surface area contributed by atoms with Crippen molar-refractivity contribution in [2.45, 2.75) is 27.2 Å². The third kappa shape index (κ3) is 3.11. The van der Waals surface area contributed by atoms with Crippen LogP contribution in [0.5, 0.6) is 0 Å². The van der Waals surface area contributed by atoms with E-state index < -0.39 is 13.1 Å². The average Bonchev–Trinajstić information content (AvgIpc) is 2.44. The molecular formula is C15H23BN2O4. The van der Waals surface area contributed by atoms with Crippen LogP contribution in [0.4, 0.5) is 5.69 Å². The fraction of sp³-hybridized carbons (Fsp3) is 0.533. The van der Waals surface area contributed by atoms with Crippen molar-refractivity contribution in [2.75, 3.05) is 31.1 Å². The number of piperazine rings is 1. The van der Waals surface area contributed by atoms with Gasteiger partial charge in [0, 0.05) is 31.9 Å². The molecule has 1 aliphatic heterocycles. The van der Waals surface area contributed by atoms with Crippen LogP contribution in [0.2, 0.25) is 0 Å². The molecule has 0 unspecified atom stereocenters. The molecule has 2 rings (SSSR count). The molecule has 0 saturated carbocycles. The zero-order valence-electron chi connectivity index (χ0n) is 13.3. The van der Waals surface area contributed by atoms with Gasteiger partial charge in [0.2, 0.25) is 0 Å². The minimum atomic E-state index is -1.60. The van der Waals surface area contributed by atoms with Gasteiger partial charge in [-0.2, -0.15) is 0 Å². The fourth-order valence-corrected chi connectivity index (χ4v) is 3.44. The van der Waals surface area contributed by atoms with E-state index in [1.807, 2.05) is 13.8 Å². The molecule has 0 spiro atoms. The predicted octanol–water partition coefficient (Wildman–Crippen LogP) is -0.672. The van der Waals surface area contributed by atoms with Gasteiger partial charge < -0.3 is 25.4 Å². The van der Waals surface area contributed by atoms with Gasteiger partial charge in [-0.05, 0) is 48.5 Å². The van der Waals surface area contributed by atoms with E-state index in [1.54, 1.807) is 6.92 Å². The van der Waals surface area contributed by atoms with Crippen LogP contribution >= 0.6 is 0 Å². The number of anilines is 1. The van der Waals surface area contributed by atoms with E-state index in [4.69, 9.17) is 5.11 Å². The molecule has 1 heterocycles. The van der Waals surface area contributed by atoms with Gasteiger partial charge in [-0.1, -0.05) is 0 Å². The molecule has 0 amide bonds. The second-order valence-electron chi connectivity index (χ2n) is 5.80. The third-order valence-corrected chi connectivity index (χ3v) is 4.44. The minimum Gasteiger partial charge on any atom is -0.481 e. The number of hydrogen-bond acceptors (Lipinski definition) is 5. The maximum Gasteiger partial charge on any atom is 0.489 e. The van der Waals surface area contributed by atoms with Crippen molar-refractivity contribution in [1.82, 2.24) is 5.32 Å². The summed E-state index contributed by atoms with van der Waals surface area (Å²) in [5.41, 5.74) is 4.44. The van der Waals surface area contributed by atoms with Crippen molar-refractivity contribution in [1.29, 1.82) is 0 Å². The zero-order chi connectivity index (χ0) is 16.4. The van der Waals surface area contributed by atoms with E-state index in [1.165, 1.54) is 0 Å². The SMILES string of the molecule is Cc1c(CC(=O)O)c(C)c(N2CCNCC2)c(C)c1B(O)O. The van der Waals surface area contributed by atoms with E-state index >= 15 is 0 Å². The highest BCUT2D eigenvalue weighted by molar-refractivity contribution is 6.60. The average molecular weight is 306 g/mol. The summed E-state index contributed by atoms with van der Waals surface area (Å²) >= 11 is 0. The molecule has 1 aromatic carbocycles. The Hall–Kier alpha value is -1.57. The summed E-state index contributed by atoms with van der Waals surface area (Å²) in [5, 5.41) is 31.9. The van der Waals surface area contributed by atoms with Crippen molar-refractivity contribution < 1.29 is 19.9 Å². The lowest BCUT2D eigenvalue weighted by Crippen LogP contribution is -2.46. The van der Waals surface area contributed by atoms with Gasteiger partial charge in [0.1, 0.15) is 0 Å². The summed E-state index contributed by atoms with van der Waals surface area (Å²) in [5.74, 6) is -0.917. The highest BCUT2D eigenvalue weighted by atomic mass is 16.4. The molecule has 22 heavy (non-hydrogen) atoms. The second-order valence-corrected chi connectivity index (χ2v) is 5.80. The van der Waals surface area contributed by atoms with Crippen LogP contribution in [0.3, 0.4) is 0 Å². The number of hydrogen-bond donors (Lipinski definition) is 4. The quantitative estimate of drug-likeness (QED) is 0.551. The van der Waals surface area contributed by atoms with Gasteiger partial charge in [-0.3, -0.25) is 4.79 Å². The molecule has 0 atom stereocenters. The molecule has 1 aliphatic rings. The highest BCUT2D eigenvalue weighted by Gasteiger charge is 2.27. The lowest BCUT2D eigenvalue weighted by atomic mass is 9.71. The van der Waals surface area contributed by atoms with Crippen LogP contribution in [-0.2, 0) is 11.2 Å². The minimum absolute atomic E-state index is 0.114. The monoisotopic (exact) mass is 306 g/mol. The van der Waals surface area contributed by atoms with Crippen molar-refractivity contribution in [3.05, 3.63) is 22.3 Å². The summed E-state index contributed by atoms with van der Waals surface area (Å²) in [6.45, 7) is 8.90. The summed E-state index contributed by atoms with van der Waals surface area (Å²) in [6.07, 6.45) is -0.114. The zero-order valence-corrected chi connectivity index (χ0v) is 13.3. The second kappa shape index (κ2) is 6.68. The number of rotatable bonds is 4. The summed E-state index contributed by atoms with van der Waals surface area (Å²) in [6, 6.07) is 0. The van der Waals surface area contributed by atoms with E-state index in [0.717, 1.165) is 43.0 Å². The van der Waals surface area contributed by atoms with Crippen molar-refractivity contribution >= 4 is 24.2 Å². The molecule has 1 fully saturated rings. The standard InChI is InChI=1S/C15H23BN2O4/c1-9-12(8-13(19)20)10(2)15(11(3)14(9)16(21)22)18-6-4-17-5-7-18/h17,21-22H,4-8H2,1-3H3,(H,19,20). The van der Waals surface area contributed by atoms with Gasteiger partial charge >= 0.3 is 13.1 Å². The maximum atomic E-state index is 11.2. The number of nitrogens with one attached hydrogen (secondary N) is 1. The third-order valence-electron chi connectivity index (χ3n) is 4.44. The smallest absolute Gasteiger partial charge is 0.481 e. The Bertz CT molecular complexity index is 584. The van der Waals surface area contributed by atoms with E-state index in [-0.39, 0.29) is 6.42 Å². The number of carbonyl (C=O) groups is 1. The number of benzene rings is 1. The van der Waals surface area contributed by atoms with Crippen LogP contribution in [0.25, 0.3) is 0 Å². The number of nitrogens with zero attached hydrogens (tertiary/aromatic N) is 1. The largest absolute Gasteiger partial charge is 0.489 e. The number of carboxylic acid groups (broad SMARTS) is 1. The predicted molar refractivity (Wildman–Crippen MR) is 86.9 cm³/mol. The van der Waals surface area contributed by atoms with Crippen LogP contribution in [0.15, 0.2) is 0 Å². The Morgan fingerprint density at radius 1 is 1.14 bits per heavy atom. The number of aliphatic carboxylic acids is 1. The maximum absolute atomic E-state index is 11.2. The fourth-order valence-electron chi connectivity index (χ4n) is 3.44. The lowest BCUT2D eigenvalue weighted by Gasteiger charge is -2.34. The first-order valence-electron chi connectivity index (χ1n) is 7.50. The Kier molecular flexibility index (Phi) is 5.10. The van der Waals surface area contributed by atoms with Crippen molar-refractivity contribution in [3.8, 4) is 0 Å². The first-order valence-corrected chi connectivity index (χ1v) is 7.50. The summed E-state index contributed by atoms with van der Waals surface area (Å²) in [4.78, 5) is 13.4. The lowest BCUT2D eigenvalue weighted by molar-refractivity contribution is -0.136. The Labute approximate surface area is 130 Å². The normalized spacial score (nSPS) is 15.0. The summed E-state index contributed by atoms with van der Waals surface area (Å²) < 4.78 is 0.